The van der Waals surface area contributed by atoms with Crippen molar-refractivity contribution in [1.82, 2.24) is 4.57 Å². The lowest BCUT2D eigenvalue weighted by Crippen LogP contribution is -2.19. The zero-order valence-electron chi connectivity index (χ0n) is 12.4. The van der Waals surface area contributed by atoms with Gasteiger partial charge in [0.05, 0.1) is 11.0 Å². The van der Waals surface area contributed by atoms with Crippen molar-refractivity contribution >= 4 is 27.6 Å². The molecule has 0 saturated heterocycles. The molecule has 0 saturated carbocycles. The molecular formula is C20H14N2O. The van der Waals surface area contributed by atoms with Gasteiger partial charge in [-0.1, -0.05) is 59.8 Å². The van der Waals surface area contributed by atoms with Crippen LogP contribution in [0, 0.1) is 0 Å². The number of oxime groups is 1. The Labute approximate surface area is 133 Å². The SMILES string of the molecule is c1ccc2c(c1)CC(n1c3ccccc3c3ccccc31)=NO2. The maximum absolute atomic E-state index is 5.62. The molecule has 5 rings (SSSR count). The highest BCUT2D eigenvalue weighted by Crippen LogP contribution is 2.31. The first-order valence-corrected chi connectivity index (χ1v) is 7.72. The summed E-state index contributed by atoms with van der Waals surface area (Å²) in [4.78, 5) is 5.62. The second kappa shape index (κ2) is 4.71. The van der Waals surface area contributed by atoms with Crippen LogP contribution in [-0.2, 0) is 6.42 Å². The molecule has 3 heteroatoms. The largest absolute Gasteiger partial charge is 0.355 e. The van der Waals surface area contributed by atoms with E-state index < -0.39 is 0 Å². The van der Waals surface area contributed by atoms with Crippen molar-refractivity contribution in [3.63, 3.8) is 0 Å². The Hall–Kier alpha value is -3.07. The average Bonchev–Trinajstić information content (AvgIpc) is 2.96. The van der Waals surface area contributed by atoms with Crippen molar-refractivity contribution in [2.24, 2.45) is 5.16 Å². The normalized spacial score (nSPS) is 13.7. The number of aromatic nitrogens is 1. The van der Waals surface area contributed by atoms with Crippen molar-refractivity contribution < 1.29 is 4.84 Å². The molecule has 0 unspecified atom stereocenters. The third-order valence-corrected chi connectivity index (χ3v) is 4.41. The van der Waals surface area contributed by atoms with E-state index in [1.165, 1.54) is 16.3 Å². The quantitative estimate of drug-likeness (QED) is 0.466. The second-order valence-electron chi connectivity index (χ2n) is 5.75. The summed E-state index contributed by atoms with van der Waals surface area (Å²) in [5.74, 6) is 1.76. The minimum atomic E-state index is 0.763. The zero-order chi connectivity index (χ0) is 15.2. The molecule has 2 heterocycles. The number of hydrogen-bond donors (Lipinski definition) is 0. The molecule has 0 N–H and O–H groups in total. The highest BCUT2D eigenvalue weighted by atomic mass is 16.6. The number of para-hydroxylation sites is 3. The van der Waals surface area contributed by atoms with Crippen LogP contribution >= 0.6 is 0 Å². The van der Waals surface area contributed by atoms with E-state index >= 15 is 0 Å². The van der Waals surface area contributed by atoms with Gasteiger partial charge < -0.3 is 4.84 Å². The van der Waals surface area contributed by atoms with Crippen LogP contribution in [0.15, 0.2) is 78.0 Å². The van der Waals surface area contributed by atoms with E-state index in [4.69, 9.17) is 4.84 Å². The highest BCUT2D eigenvalue weighted by Gasteiger charge is 2.19. The molecule has 110 valence electrons. The molecule has 1 aliphatic rings. The predicted molar refractivity (Wildman–Crippen MR) is 93.1 cm³/mol. The lowest BCUT2D eigenvalue weighted by atomic mass is 10.1. The van der Waals surface area contributed by atoms with Crippen molar-refractivity contribution in [3.8, 4) is 5.75 Å². The maximum Gasteiger partial charge on any atom is 0.161 e. The summed E-state index contributed by atoms with van der Waals surface area (Å²) in [7, 11) is 0. The van der Waals surface area contributed by atoms with Crippen LogP contribution < -0.4 is 4.84 Å². The Morgan fingerprint density at radius 3 is 2.09 bits per heavy atom. The molecule has 3 aromatic carbocycles. The van der Waals surface area contributed by atoms with Gasteiger partial charge in [-0.15, -0.1) is 0 Å². The number of nitrogens with zero attached hydrogens (tertiary/aromatic N) is 2. The van der Waals surface area contributed by atoms with Crippen molar-refractivity contribution in [2.45, 2.75) is 6.42 Å². The summed E-state index contributed by atoms with van der Waals surface area (Å²) in [5.41, 5.74) is 3.49. The van der Waals surface area contributed by atoms with Crippen LogP contribution in [0.25, 0.3) is 21.8 Å². The molecule has 1 aromatic heterocycles. The molecule has 3 nitrogen and oxygen atoms in total. The topological polar surface area (TPSA) is 26.5 Å². The van der Waals surface area contributed by atoms with E-state index in [2.05, 4.69) is 64.3 Å². The van der Waals surface area contributed by atoms with Gasteiger partial charge in [0, 0.05) is 22.8 Å². The van der Waals surface area contributed by atoms with E-state index in [0.717, 1.165) is 29.0 Å². The second-order valence-corrected chi connectivity index (χ2v) is 5.75. The number of hydrogen-bond acceptors (Lipinski definition) is 2. The molecule has 0 aliphatic carbocycles. The summed E-state index contributed by atoms with van der Waals surface area (Å²) in [6.45, 7) is 0. The minimum absolute atomic E-state index is 0.763. The van der Waals surface area contributed by atoms with Crippen LogP contribution in [0.3, 0.4) is 0 Å². The smallest absolute Gasteiger partial charge is 0.161 e. The van der Waals surface area contributed by atoms with Crippen LogP contribution in [0.5, 0.6) is 5.75 Å². The molecular weight excluding hydrogens is 284 g/mol. The molecule has 0 amide bonds. The summed E-state index contributed by atoms with van der Waals surface area (Å²) >= 11 is 0. The van der Waals surface area contributed by atoms with Crippen molar-refractivity contribution in [1.29, 1.82) is 0 Å². The van der Waals surface area contributed by atoms with E-state index in [0.29, 0.717) is 0 Å². The lowest BCUT2D eigenvalue weighted by Gasteiger charge is -2.17. The van der Waals surface area contributed by atoms with E-state index in [9.17, 15) is 0 Å². The predicted octanol–water partition coefficient (Wildman–Crippen LogP) is 4.59. The van der Waals surface area contributed by atoms with E-state index in [1.54, 1.807) is 0 Å². The summed E-state index contributed by atoms with van der Waals surface area (Å²) in [6.07, 6.45) is 0.763. The first-order chi connectivity index (χ1) is 11.4. The summed E-state index contributed by atoms with van der Waals surface area (Å²) < 4.78 is 2.21. The van der Waals surface area contributed by atoms with Crippen LogP contribution in [0.2, 0.25) is 0 Å². The molecule has 0 bridgehead atoms. The first kappa shape index (κ1) is 12.5. The lowest BCUT2D eigenvalue weighted by molar-refractivity contribution is 0.328. The summed E-state index contributed by atoms with van der Waals surface area (Å²) in [6, 6.07) is 24.9. The number of benzene rings is 3. The summed E-state index contributed by atoms with van der Waals surface area (Å²) in [5, 5.41) is 6.87. The minimum Gasteiger partial charge on any atom is -0.355 e. The first-order valence-electron chi connectivity index (χ1n) is 7.72. The highest BCUT2D eigenvalue weighted by molar-refractivity contribution is 6.14. The fourth-order valence-electron chi connectivity index (χ4n) is 3.36. The number of fused-ring (bicyclic) bond motifs is 4. The van der Waals surface area contributed by atoms with E-state index in [-0.39, 0.29) is 0 Å². The van der Waals surface area contributed by atoms with Crippen LogP contribution in [0.4, 0.5) is 0 Å². The van der Waals surface area contributed by atoms with Gasteiger partial charge in [0.2, 0.25) is 0 Å². The fraction of sp³-hybridized carbons (Fsp3) is 0.0500. The zero-order valence-corrected chi connectivity index (χ0v) is 12.4. The van der Waals surface area contributed by atoms with Crippen molar-refractivity contribution in [2.75, 3.05) is 0 Å². The van der Waals surface area contributed by atoms with E-state index in [1.807, 2.05) is 18.2 Å². The molecule has 1 aliphatic heterocycles. The fourth-order valence-corrected chi connectivity index (χ4v) is 3.36. The van der Waals surface area contributed by atoms with Crippen molar-refractivity contribution in [3.05, 3.63) is 78.4 Å². The Kier molecular flexibility index (Phi) is 2.56. The van der Waals surface area contributed by atoms with Gasteiger partial charge in [0.25, 0.3) is 0 Å². The monoisotopic (exact) mass is 298 g/mol. The van der Waals surface area contributed by atoms with Gasteiger partial charge in [0.15, 0.2) is 11.6 Å². The van der Waals surface area contributed by atoms with Gasteiger partial charge >= 0.3 is 0 Å². The molecule has 0 radical (unpaired) electrons. The van der Waals surface area contributed by atoms with Gasteiger partial charge in [-0.2, -0.15) is 0 Å². The molecule has 4 aromatic rings. The standard InChI is InChI=1S/C20H14N2O/c1-6-12-19-14(7-1)13-20(21-23-19)22-17-10-4-2-8-15(17)16-9-3-5-11-18(16)22/h1-12H,13H2. The van der Waals surface area contributed by atoms with Gasteiger partial charge in [-0.05, 0) is 18.2 Å². The third-order valence-electron chi connectivity index (χ3n) is 4.41. The van der Waals surface area contributed by atoms with Gasteiger partial charge in [0.1, 0.15) is 0 Å². The van der Waals surface area contributed by atoms with Crippen LogP contribution in [0.1, 0.15) is 5.56 Å². The molecule has 0 fully saturated rings. The number of rotatable bonds is 0. The van der Waals surface area contributed by atoms with Gasteiger partial charge in [-0.3, -0.25) is 4.57 Å². The molecule has 23 heavy (non-hydrogen) atoms. The Morgan fingerprint density at radius 1 is 0.739 bits per heavy atom. The molecule has 0 spiro atoms. The Balaban J connectivity index is 1.79. The Bertz CT molecular complexity index is 1020. The molecule has 0 atom stereocenters. The maximum atomic E-state index is 5.62. The average molecular weight is 298 g/mol. The van der Waals surface area contributed by atoms with Crippen LogP contribution in [-0.4, -0.2) is 10.4 Å². The Morgan fingerprint density at radius 2 is 1.35 bits per heavy atom. The van der Waals surface area contributed by atoms with Gasteiger partial charge in [-0.25, -0.2) is 0 Å². The third kappa shape index (κ3) is 1.80.